The minimum atomic E-state index is 0.216. The van der Waals surface area contributed by atoms with Crippen LogP contribution in [0.5, 0.6) is 0 Å². The van der Waals surface area contributed by atoms with Gasteiger partial charge in [0.2, 0.25) is 0 Å². The lowest BCUT2D eigenvalue weighted by atomic mass is 10.2. The van der Waals surface area contributed by atoms with Gasteiger partial charge in [0.1, 0.15) is 5.84 Å². The van der Waals surface area contributed by atoms with Gasteiger partial charge in [-0.2, -0.15) is 10.2 Å². The topological polar surface area (TPSA) is 87.6 Å². The second-order valence-electron chi connectivity index (χ2n) is 4.01. The molecule has 0 fully saturated rings. The average molecular weight is 245 g/mol. The molecule has 0 radical (unpaired) electrons. The van der Waals surface area contributed by atoms with E-state index < -0.39 is 0 Å². The second kappa shape index (κ2) is 5.31. The summed E-state index contributed by atoms with van der Waals surface area (Å²) < 4.78 is 0. The van der Waals surface area contributed by atoms with E-state index in [9.17, 15) is 0 Å². The summed E-state index contributed by atoms with van der Waals surface area (Å²) in [5.41, 5.74) is 7.29. The van der Waals surface area contributed by atoms with Crippen LogP contribution in [0, 0.1) is 0 Å². The van der Waals surface area contributed by atoms with Gasteiger partial charge in [-0.25, -0.2) is 0 Å². The minimum absolute atomic E-state index is 0.216. The lowest BCUT2D eigenvalue weighted by Crippen LogP contribution is -2.24. The summed E-state index contributed by atoms with van der Waals surface area (Å²) in [6.45, 7) is 0.644. The highest BCUT2D eigenvalue weighted by atomic mass is 16.4. The largest absolute Gasteiger partial charge is 0.409 e. The first kappa shape index (κ1) is 12.1. The molecule has 6 heteroatoms. The van der Waals surface area contributed by atoms with E-state index in [2.05, 4.69) is 15.4 Å². The summed E-state index contributed by atoms with van der Waals surface area (Å²) in [5.74, 6) is 0.216. The SMILES string of the molecule is CN(CCC(N)=NO)c1cnnc2ccccc12. The van der Waals surface area contributed by atoms with Crippen LogP contribution >= 0.6 is 0 Å². The van der Waals surface area contributed by atoms with Gasteiger partial charge in [-0.3, -0.25) is 0 Å². The van der Waals surface area contributed by atoms with Crippen LogP contribution < -0.4 is 10.6 Å². The van der Waals surface area contributed by atoms with Crippen LogP contribution in [-0.2, 0) is 0 Å². The molecule has 1 aromatic carbocycles. The summed E-state index contributed by atoms with van der Waals surface area (Å²) in [6.07, 6.45) is 2.21. The predicted molar refractivity (Wildman–Crippen MR) is 70.8 cm³/mol. The number of hydrogen-bond acceptors (Lipinski definition) is 5. The summed E-state index contributed by atoms with van der Waals surface area (Å²) in [4.78, 5) is 2.01. The van der Waals surface area contributed by atoms with Crippen molar-refractivity contribution in [2.45, 2.75) is 6.42 Å². The van der Waals surface area contributed by atoms with Gasteiger partial charge in [0.05, 0.1) is 17.4 Å². The third-order valence-corrected chi connectivity index (χ3v) is 2.77. The first-order valence-corrected chi connectivity index (χ1v) is 5.60. The Hall–Kier alpha value is -2.37. The normalized spacial score (nSPS) is 11.7. The van der Waals surface area contributed by atoms with Gasteiger partial charge in [-0.15, -0.1) is 0 Å². The van der Waals surface area contributed by atoms with Crippen LogP contribution in [0.2, 0.25) is 0 Å². The van der Waals surface area contributed by atoms with Crippen LogP contribution in [0.3, 0.4) is 0 Å². The van der Waals surface area contributed by atoms with E-state index in [1.807, 2.05) is 36.2 Å². The Morgan fingerprint density at radius 2 is 2.22 bits per heavy atom. The molecule has 0 spiro atoms. The Morgan fingerprint density at radius 1 is 1.44 bits per heavy atom. The highest BCUT2D eigenvalue weighted by Gasteiger charge is 2.07. The van der Waals surface area contributed by atoms with Gasteiger partial charge in [-0.05, 0) is 6.07 Å². The number of anilines is 1. The van der Waals surface area contributed by atoms with Crippen LogP contribution in [0.25, 0.3) is 10.9 Å². The van der Waals surface area contributed by atoms with E-state index in [1.165, 1.54) is 0 Å². The molecule has 0 aliphatic carbocycles. The molecule has 1 heterocycles. The van der Waals surface area contributed by atoms with Gasteiger partial charge < -0.3 is 15.8 Å². The lowest BCUT2D eigenvalue weighted by molar-refractivity contribution is 0.317. The van der Waals surface area contributed by atoms with Gasteiger partial charge in [0.15, 0.2) is 0 Å². The van der Waals surface area contributed by atoms with Crippen LogP contribution in [0.15, 0.2) is 35.6 Å². The molecule has 0 aliphatic rings. The van der Waals surface area contributed by atoms with Crippen molar-refractivity contribution in [1.29, 1.82) is 0 Å². The molecular weight excluding hydrogens is 230 g/mol. The van der Waals surface area contributed by atoms with Gasteiger partial charge in [-0.1, -0.05) is 23.4 Å². The fourth-order valence-electron chi connectivity index (χ4n) is 1.75. The molecule has 6 nitrogen and oxygen atoms in total. The standard InChI is InChI=1S/C12H15N5O/c1-17(7-6-12(13)16-18)11-8-14-15-10-5-3-2-4-9(10)11/h2-5,8,18H,6-7H2,1H3,(H2,13,16). The molecule has 0 bridgehead atoms. The van der Waals surface area contributed by atoms with E-state index in [4.69, 9.17) is 10.9 Å². The fraction of sp³-hybridized carbons (Fsp3) is 0.250. The van der Waals surface area contributed by atoms with E-state index in [1.54, 1.807) is 6.20 Å². The number of nitrogens with two attached hydrogens (primary N) is 1. The highest BCUT2D eigenvalue weighted by Crippen LogP contribution is 2.22. The van der Waals surface area contributed by atoms with Crippen molar-refractivity contribution in [2.24, 2.45) is 10.9 Å². The zero-order valence-electron chi connectivity index (χ0n) is 10.1. The number of hydrogen-bond donors (Lipinski definition) is 2. The first-order chi connectivity index (χ1) is 8.72. The maximum Gasteiger partial charge on any atom is 0.140 e. The number of amidine groups is 1. The summed E-state index contributed by atoms with van der Waals surface area (Å²) in [6, 6.07) is 7.81. The van der Waals surface area contributed by atoms with E-state index >= 15 is 0 Å². The van der Waals surface area contributed by atoms with Crippen LogP contribution in [0.4, 0.5) is 5.69 Å². The summed E-state index contributed by atoms with van der Waals surface area (Å²) >= 11 is 0. The monoisotopic (exact) mass is 245 g/mol. The molecule has 0 atom stereocenters. The molecule has 3 N–H and O–H groups in total. The Balaban J connectivity index is 2.25. The number of oxime groups is 1. The molecule has 1 aromatic heterocycles. The third-order valence-electron chi connectivity index (χ3n) is 2.77. The van der Waals surface area contributed by atoms with Gasteiger partial charge in [0.25, 0.3) is 0 Å². The number of nitrogens with zero attached hydrogens (tertiary/aromatic N) is 4. The molecule has 0 amide bonds. The Morgan fingerprint density at radius 3 is 3.00 bits per heavy atom. The molecule has 2 aromatic rings. The molecule has 94 valence electrons. The summed E-state index contributed by atoms with van der Waals surface area (Å²) in [5, 5.41) is 20.6. The van der Waals surface area contributed by atoms with Crippen molar-refractivity contribution in [2.75, 3.05) is 18.5 Å². The van der Waals surface area contributed by atoms with Gasteiger partial charge in [0, 0.05) is 25.4 Å². The molecule has 0 aliphatic heterocycles. The Kier molecular flexibility index (Phi) is 3.57. The van der Waals surface area contributed by atoms with Crippen molar-refractivity contribution >= 4 is 22.4 Å². The number of rotatable bonds is 4. The zero-order chi connectivity index (χ0) is 13.0. The average Bonchev–Trinajstić information content (AvgIpc) is 2.43. The van der Waals surface area contributed by atoms with Crippen molar-refractivity contribution in [3.63, 3.8) is 0 Å². The smallest absolute Gasteiger partial charge is 0.140 e. The molecule has 18 heavy (non-hydrogen) atoms. The van der Waals surface area contributed by atoms with Crippen molar-refractivity contribution < 1.29 is 5.21 Å². The van der Waals surface area contributed by atoms with E-state index in [0.717, 1.165) is 16.6 Å². The number of aromatic nitrogens is 2. The van der Waals surface area contributed by atoms with E-state index in [-0.39, 0.29) is 5.84 Å². The third kappa shape index (κ3) is 2.48. The summed E-state index contributed by atoms with van der Waals surface area (Å²) in [7, 11) is 1.94. The van der Waals surface area contributed by atoms with Crippen LogP contribution in [0.1, 0.15) is 6.42 Å². The molecule has 2 rings (SSSR count). The number of fused-ring (bicyclic) bond motifs is 1. The predicted octanol–water partition coefficient (Wildman–Crippen LogP) is 1.20. The quantitative estimate of drug-likeness (QED) is 0.366. The first-order valence-electron chi connectivity index (χ1n) is 5.60. The maximum atomic E-state index is 8.51. The maximum absolute atomic E-state index is 8.51. The minimum Gasteiger partial charge on any atom is -0.409 e. The van der Waals surface area contributed by atoms with Crippen LogP contribution in [-0.4, -0.2) is 34.8 Å². The van der Waals surface area contributed by atoms with E-state index in [0.29, 0.717) is 13.0 Å². The van der Waals surface area contributed by atoms with Gasteiger partial charge >= 0.3 is 0 Å². The second-order valence-corrected chi connectivity index (χ2v) is 4.01. The highest BCUT2D eigenvalue weighted by molar-refractivity contribution is 5.90. The van der Waals surface area contributed by atoms with Crippen molar-refractivity contribution in [3.8, 4) is 0 Å². The Bertz CT molecular complexity index is 564. The zero-order valence-corrected chi connectivity index (χ0v) is 10.1. The molecular formula is C12H15N5O. The molecule has 0 saturated heterocycles. The number of benzene rings is 1. The Labute approximate surface area is 105 Å². The molecule has 0 unspecified atom stereocenters. The van der Waals surface area contributed by atoms with Crippen molar-refractivity contribution in [3.05, 3.63) is 30.5 Å². The molecule has 0 saturated carbocycles. The lowest BCUT2D eigenvalue weighted by Gasteiger charge is -2.19. The fourth-order valence-corrected chi connectivity index (χ4v) is 1.75. The van der Waals surface area contributed by atoms with Crippen molar-refractivity contribution in [1.82, 2.24) is 10.2 Å².